The van der Waals surface area contributed by atoms with E-state index in [0.29, 0.717) is 0 Å². The number of aliphatic hydroxyl groups is 2. The third-order valence-corrected chi connectivity index (χ3v) is 5.07. The smallest absolute Gasteiger partial charge is 0.273 e. The van der Waals surface area contributed by atoms with Crippen LogP contribution in [0.1, 0.15) is 0 Å². The third-order valence-electron chi connectivity index (χ3n) is 3.20. The number of β-amino-alcohol motifs (C(OH)–C–C–N with tert-alkyl or cyclic N) is 2. The SMILES string of the molecule is COc1cc([N+](=O)[O-])ccc1S(=O)(=O)N1CC(O)C(O)C1. The maximum atomic E-state index is 12.4. The lowest BCUT2D eigenvalue weighted by Gasteiger charge is -2.17. The summed E-state index contributed by atoms with van der Waals surface area (Å²) in [7, 11) is -2.82. The van der Waals surface area contributed by atoms with Crippen molar-refractivity contribution in [3.05, 3.63) is 28.3 Å². The summed E-state index contributed by atoms with van der Waals surface area (Å²) in [5.41, 5.74) is -0.299. The highest BCUT2D eigenvalue weighted by Crippen LogP contribution is 2.31. The highest BCUT2D eigenvalue weighted by molar-refractivity contribution is 7.89. The number of ether oxygens (including phenoxy) is 1. The molecule has 1 heterocycles. The van der Waals surface area contributed by atoms with E-state index in [4.69, 9.17) is 4.74 Å². The topological polar surface area (TPSA) is 130 Å². The van der Waals surface area contributed by atoms with Crippen molar-refractivity contribution >= 4 is 15.7 Å². The molecule has 0 saturated carbocycles. The van der Waals surface area contributed by atoms with E-state index in [1.165, 1.54) is 7.11 Å². The summed E-state index contributed by atoms with van der Waals surface area (Å²) in [4.78, 5) is 9.78. The number of non-ortho nitro benzene ring substituents is 1. The van der Waals surface area contributed by atoms with E-state index < -0.39 is 27.2 Å². The van der Waals surface area contributed by atoms with Gasteiger partial charge in [-0.05, 0) is 6.07 Å². The maximum Gasteiger partial charge on any atom is 0.273 e. The van der Waals surface area contributed by atoms with Crippen molar-refractivity contribution in [2.24, 2.45) is 0 Å². The van der Waals surface area contributed by atoms with Crippen LogP contribution >= 0.6 is 0 Å². The Morgan fingerprint density at radius 2 is 1.90 bits per heavy atom. The molecular weight excluding hydrogens is 304 g/mol. The van der Waals surface area contributed by atoms with Crippen LogP contribution in [-0.2, 0) is 10.0 Å². The lowest BCUT2D eigenvalue weighted by Crippen LogP contribution is -2.30. The minimum atomic E-state index is -4.02. The van der Waals surface area contributed by atoms with Crippen LogP contribution in [0.2, 0.25) is 0 Å². The predicted octanol–water partition coefficient (Wildman–Crippen LogP) is -0.671. The number of aliphatic hydroxyl groups excluding tert-OH is 2. The monoisotopic (exact) mass is 318 g/mol. The first-order valence-electron chi connectivity index (χ1n) is 5.96. The van der Waals surface area contributed by atoms with Gasteiger partial charge in [0, 0.05) is 19.2 Å². The number of benzene rings is 1. The van der Waals surface area contributed by atoms with E-state index in [1.807, 2.05) is 0 Å². The molecule has 1 aliphatic rings. The van der Waals surface area contributed by atoms with Crippen molar-refractivity contribution in [1.82, 2.24) is 4.31 Å². The van der Waals surface area contributed by atoms with Gasteiger partial charge in [0.1, 0.15) is 10.6 Å². The lowest BCUT2D eigenvalue weighted by atomic mass is 10.3. The molecular formula is C11H14N2O7S. The van der Waals surface area contributed by atoms with Gasteiger partial charge >= 0.3 is 0 Å². The largest absolute Gasteiger partial charge is 0.495 e. The normalized spacial score (nSPS) is 23.2. The molecule has 0 bridgehead atoms. The third kappa shape index (κ3) is 2.83. The van der Waals surface area contributed by atoms with Crippen LogP contribution in [0.4, 0.5) is 5.69 Å². The number of nitrogens with zero attached hydrogens (tertiary/aromatic N) is 2. The van der Waals surface area contributed by atoms with Gasteiger partial charge in [0.2, 0.25) is 10.0 Å². The van der Waals surface area contributed by atoms with Crippen LogP contribution in [0.15, 0.2) is 23.1 Å². The maximum absolute atomic E-state index is 12.4. The Kier molecular flexibility index (Phi) is 4.14. The van der Waals surface area contributed by atoms with E-state index in [-0.39, 0.29) is 29.4 Å². The standard InChI is InChI=1S/C11H14N2O7S/c1-20-10-4-7(13(16)17)2-3-11(10)21(18,19)12-5-8(14)9(15)6-12/h2-4,8-9,14-15H,5-6H2,1H3. The average Bonchev–Trinajstić information content (AvgIpc) is 2.78. The highest BCUT2D eigenvalue weighted by atomic mass is 32.2. The van der Waals surface area contributed by atoms with Gasteiger partial charge in [-0.1, -0.05) is 0 Å². The van der Waals surface area contributed by atoms with Gasteiger partial charge in [-0.3, -0.25) is 10.1 Å². The zero-order valence-electron chi connectivity index (χ0n) is 11.0. The minimum absolute atomic E-state index is 0.167. The van der Waals surface area contributed by atoms with Crippen LogP contribution in [-0.4, -0.2) is 60.3 Å². The molecule has 9 nitrogen and oxygen atoms in total. The molecule has 1 saturated heterocycles. The molecule has 0 radical (unpaired) electrons. The molecule has 1 fully saturated rings. The van der Waals surface area contributed by atoms with E-state index >= 15 is 0 Å². The fraction of sp³-hybridized carbons (Fsp3) is 0.455. The van der Waals surface area contributed by atoms with Crippen LogP contribution in [0.25, 0.3) is 0 Å². The summed E-state index contributed by atoms with van der Waals surface area (Å²) in [6, 6.07) is 3.14. The average molecular weight is 318 g/mol. The van der Waals surface area contributed by atoms with Gasteiger partial charge in [-0.25, -0.2) is 8.42 Å². The van der Waals surface area contributed by atoms with Gasteiger partial charge in [-0.15, -0.1) is 0 Å². The Balaban J connectivity index is 2.43. The number of sulfonamides is 1. The van der Waals surface area contributed by atoms with E-state index in [9.17, 15) is 28.7 Å². The zero-order valence-corrected chi connectivity index (χ0v) is 11.9. The van der Waals surface area contributed by atoms with Crippen LogP contribution in [0.3, 0.4) is 0 Å². The van der Waals surface area contributed by atoms with Crippen molar-refractivity contribution in [3.63, 3.8) is 0 Å². The molecule has 2 atom stereocenters. The molecule has 10 heteroatoms. The highest BCUT2D eigenvalue weighted by Gasteiger charge is 2.39. The van der Waals surface area contributed by atoms with E-state index in [2.05, 4.69) is 0 Å². The number of nitro benzene ring substituents is 1. The second-order valence-electron chi connectivity index (χ2n) is 4.55. The van der Waals surface area contributed by atoms with Crippen molar-refractivity contribution in [2.75, 3.05) is 20.2 Å². The molecule has 0 aliphatic carbocycles. The van der Waals surface area contributed by atoms with Crippen LogP contribution < -0.4 is 4.74 Å². The van der Waals surface area contributed by atoms with Crippen molar-refractivity contribution in [2.45, 2.75) is 17.1 Å². The first-order chi connectivity index (χ1) is 9.77. The first kappa shape index (κ1) is 15.6. The Hall–Kier alpha value is -1.75. The second kappa shape index (κ2) is 5.56. The molecule has 0 aromatic heterocycles. The van der Waals surface area contributed by atoms with Crippen molar-refractivity contribution in [3.8, 4) is 5.75 Å². The number of hydrogen-bond donors (Lipinski definition) is 2. The van der Waals surface area contributed by atoms with Gasteiger partial charge in [0.05, 0.1) is 30.3 Å². The van der Waals surface area contributed by atoms with Gasteiger partial charge in [0.15, 0.2) is 0 Å². The summed E-state index contributed by atoms with van der Waals surface area (Å²) < 4.78 is 30.7. The summed E-state index contributed by atoms with van der Waals surface area (Å²) in [5.74, 6) is -0.167. The first-order valence-corrected chi connectivity index (χ1v) is 7.40. The van der Waals surface area contributed by atoms with E-state index in [1.54, 1.807) is 0 Å². The molecule has 1 aliphatic heterocycles. The number of methoxy groups -OCH3 is 1. The molecule has 2 unspecified atom stereocenters. The quantitative estimate of drug-likeness (QED) is 0.556. The Morgan fingerprint density at radius 3 is 2.38 bits per heavy atom. The van der Waals surface area contributed by atoms with Gasteiger partial charge in [0.25, 0.3) is 5.69 Å². The fourth-order valence-corrected chi connectivity index (χ4v) is 3.67. The lowest BCUT2D eigenvalue weighted by molar-refractivity contribution is -0.385. The van der Waals surface area contributed by atoms with Crippen LogP contribution in [0, 0.1) is 10.1 Å². The summed E-state index contributed by atoms with van der Waals surface area (Å²) in [6.07, 6.45) is -2.33. The fourth-order valence-electron chi connectivity index (χ4n) is 2.05. The molecule has 2 N–H and O–H groups in total. The number of nitro groups is 1. The minimum Gasteiger partial charge on any atom is -0.495 e. The number of hydrogen-bond acceptors (Lipinski definition) is 7. The van der Waals surface area contributed by atoms with Crippen molar-refractivity contribution < 1.29 is 28.3 Å². The molecule has 2 rings (SSSR count). The summed E-state index contributed by atoms with van der Waals surface area (Å²) in [5, 5.41) is 29.6. The summed E-state index contributed by atoms with van der Waals surface area (Å²) >= 11 is 0. The van der Waals surface area contributed by atoms with Gasteiger partial charge < -0.3 is 14.9 Å². The second-order valence-corrected chi connectivity index (χ2v) is 6.46. The molecule has 1 aromatic carbocycles. The Bertz CT molecular complexity index is 651. The van der Waals surface area contributed by atoms with Crippen molar-refractivity contribution in [1.29, 1.82) is 0 Å². The Morgan fingerprint density at radius 1 is 1.33 bits per heavy atom. The molecule has 0 amide bonds. The molecule has 0 spiro atoms. The molecule has 21 heavy (non-hydrogen) atoms. The molecule has 1 aromatic rings. The van der Waals surface area contributed by atoms with Gasteiger partial charge in [-0.2, -0.15) is 4.31 Å². The Labute approximate surface area is 120 Å². The predicted molar refractivity (Wildman–Crippen MR) is 70.4 cm³/mol. The molecule has 116 valence electrons. The summed E-state index contributed by atoms with van der Waals surface area (Å²) in [6.45, 7) is -0.493. The van der Waals surface area contributed by atoms with Crippen LogP contribution in [0.5, 0.6) is 5.75 Å². The number of rotatable bonds is 4. The van der Waals surface area contributed by atoms with E-state index in [0.717, 1.165) is 22.5 Å². The zero-order chi connectivity index (χ0) is 15.8.